The van der Waals surface area contributed by atoms with Gasteiger partial charge in [0.25, 0.3) is 0 Å². The van der Waals surface area contributed by atoms with Gasteiger partial charge in [-0.2, -0.15) is 22.0 Å². The number of hydrogen-bond donors (Lipinski definition) is 2. The number of carboxylic acids is 1. The number of halogens is 5. The summed E-state index contributed by atoms with van der Waals surface area (Å²) in [4.78, 5) is 8.90. The first-order chi connectivity index (χ1) is 9.14. The van der Waals surface area contributed by atoms with Gasteiger partial charge in [0.05, 0.1) is 12.6 Å². The van der Waals surface area contributed by atoms with Crippen molar-refractivity contribution in [2.75, 3.05) is 6.61 Å². The Hall–Kier alpha value is -1.74. The normalized spacial score (nSPS) is 12.6. The van der Waals surface area contributed by atoms with E-state index in [1.54, 1.807) is 24.3 Å². The Morgan fingerprint density at radius 2 is 1.70 bits per heavy atom. The standard InChI is InChI=1S/C9H11F2NO.C2HF3O2/c10-9(11)13-6-8(12)7-4-2-1-3-5-7;3-2(4,5)1(6)7/h1-5,8-9H,6,12H2;(H,6,7). The van der Waals surface area contributed by atoms with Crippen molar-refractivity contribution < 1.29 is 36.6 Å². The van der Waals surface area contributed by atoms with Crippen LogP contribution in [0.2, 0.25) is 0 Å². The van der Waals surface area contributed by atoms with Gasteiger partial charge in [-0.1, -0.05) is 30.3 Å². The molecule has 0 amide bonds. The molecular weight excluding hydrogens is 289 g/mol. The van der Waals surface area contributed by atoms with Crippen LogP contribution in [0.25, 0.3) is 0 Å². The zero-order valence-corrected chi connectivity index (χ0v) is 9.98. The van der Waals surface area contributed by atoms with Crippen LogP contribution in [0.15, 0.2) is 30.3 Å². The first kappa shape index (κ1) is 18.3. The second kappa shape index (κ2) is 8.43. The van der Waals surface area contributed by atoms with E-state index < -0.39 is 24.8 Å². The van der Waals surface area contributed by atoms with Crippen molar-refractivity contribution in [3.63, 3.8) is 0 Å². The number of carbonyl (C=O) groups is 1. The summed E-state index contributed by atoms with van der Waals surface area (Å²) in [5.41, 5.74) is 6.38. The third-order valence-electron chi connectivity index (χ3n) is 1.87. The molecule has 0 aliphatic heterocycles. The topological polar surface area (TPSA) is 72.5 Å². The fourth-order valence-corrected chi connectivity index (χ4v) is 0.973. The number of benzene rings is 1. The zero-order valence-electron chi connectivity index (χ0n) is 9.98. The fraction of sp³-hybridized carbons (Fsp3) is 0.364. The largest absolute Gasteiger partial charge is 0.490 e. The van der Waals surface area contributed by atoms with E-state index in [0.29, 0.717) is 0 Å². The van der Waals surface area contributed by atoms with Gasteiger partial charge in [-0.3, -0.25) is 0 Å². The van der Waals surface area contributed by atoms with Crippen molar-refractivity contribution in [1.82, 2.24) is 0 Å². The van der Waals surface area contributed by atoms with E-state index in [1.807, 2.05) is 6.07 Å². The second-order valence-electron chi connectivity index (χ2n) is 3.41. The van der Waals surface area contributed by atoms with Crippen LogP contribution in [0.5, 0.6) is 0 Å². The van der Waals surface area contributed by atoms with Crippen LogP contribution in [0.4, 0.5) is 22.0 Å². The molecule has 0 aliphatic rings. The Morgan fingerprint density at radius 1 is 1.25 bits per heavy atom. The van der Waals surface area contributed by atoms with Crippen molar-refractivity contribution in [2.45, 2.75) is 18.8 Å². The first-order valence-electron chi connectivity index (χ1n) is 5.15. The van der Waals surface area contributed by atoms with Crippen molar-refractivity contribution in [3.05, 3.63) is 35.9 Å². The molecule has 1 unspecified atom stereocenters. The van der Waals surface area contributed by atoms with Crippen LogP contribution < -0.4 is 5.73 Å². The molecule has 1 rings (SSSR count). The highest BCUT2D eigenvalue weighted by atomic mass is 19.4. The van der Waals surface area contributed by atoms with Crippen molar-refractivity contribution in [1.29, 1.82) is 0 Å². The number of rotatable bonds is 4. The van der Waals surface area contributed by atoms with Crippen molar-refractivity contribution in [3.8, 4) is 0 Å². The quantitative estimate of drug-likeness (QED) is 0.838. The molecule has 1 atom stereocenters. The maximum Gasteiger partial charge on any atom is 0.490 e. The third-order valence-corrected chi connectivity index (χ3v) is 1.87. The van der Waals surface area contributed by atoms with Gasteiger partial charge in [-0.15, -0.1) is 0 Å². The average molecular weight is 301 g/mol. The first-order valence-corrected chi connectivity index (χ1v) is 5.15. The SMILES string of the molecule is NC(COC(F)F)c1ccccc1.O=C(O)C(F)(F)F. The minimum absolute atomic E-state index is 0.165. The molecule has 9 heteroatoms. The molecule has 0 aromatic heterocycles. The molecule has 114 valence electrons. The Labute approximate surface area is 110 Å². The molecule has 3 N–H and O–H groups in total. The molecular formula is C11H12F5NO3. The highest BCUT2D eigenvalue weighted by Crippen LogP contribution is 2.13. The van der Waals surface area contributed by atoms with E-state index in [2.05, 4.69) is 4.74 Å². The fourth-order valence-electron chi connectivity index (χ4n) is 0.973. The molecule has 0 saturated heterocycles. The summed E-state index contributed by atoms with van der Waals surface area (Å²) < 4.78 is 59.1. The minimum Gasteiger partial charge on any atom is -0.475 e. The Bertz CT molecular complexity index is 397. The zero-order chi connectivity index (χ0) is 15.8. The van der Waals surface area contributed by atoms with E-state index in [4.69, 9.17) is 15.6 Å². The van der Waals surface area contributed by atoms with Crippen molar-refractivity contribution >= 4 is 5.97 Å². The average Bonchev–Trinajstić information content (AvgIpc) is 2.36. The molecule has 1 aromatic rings. The molecule has 4 nitrogen and oxygen atoms in total. The number of carboxylic acid groups (broad SMARTS) is 1. The van der Waals surface area contributed by atoms with Gasteiger partial charge in [-0.25, -0.2) is 4.79 Å². The van der Waals surface area contributed by atoms with E-state index in [-0.39, 0.29) is 6.61 Å². The summed E-state index contributed by atoms with van der Waals surface area (Å²) >= 11 is 0. The van der Waals surface area contributed by atoms with Crippen LogP contribution >= 0.6 is 0 Å². The highest BCUT2D eigenvalue weighted by molar-refractivity contribution is 5.73. The molecule has 0 radical (unpaired) electrons. The lowest BCUT2D eigenvalue weighted by atomic mass is 10.1. The second-order valence-corrected chi connectivity index (χ2v) is 3.41. The summed E-state index contributed by atoms with van der Waals surface area (Å²) in [5, 5.41) is 7.12. The van der Waals surface area contributed by atoms with Crippen LogP contribution in [0.1, 0.15) is 11.6 Å². The Balaban J connectivity index is 0.000000441. The van der Waals surface area contributed by atoms with E-state index in [9.17, 15) is 22.0 Å². The lowest BCUT2D eigenvalue weighted by molar-refractivity contribution is -0.192. The van der Waals surface area contributed by atoms with E-state index in [0.717, 1.165) is 5.56 Å². The molecule has 0 aliphatic carbocycles. The predicted octanol–water partition coefficient (Wildman–Crippen LogP) is 2.56. The number of alkyl halides is 5. The van der Waals surface area contributed by atoms with Gasteiger partial charge in [0.15, 0.2) is 0 Å². The van der Waals surface area contributed by atoms with Gasteiger partial charge >= 0.3 is 18.8 Å². The third kappa shape index (κ3) is 8.38. The van der Waals surface area contributed by atoms with Gasteiger partial charge < -0.3 is 15.6 Å². The molecule has 0 saturated carbocycles. The highest BCUT2D eigenvalue weighted by Gasteiger charge is 2.38. The number of hydrogen-bond acceptors (Lipinski definition) is 3. The molecule has 0 heterocycles. The maximum atomic E-state index is 11.6. The summed E-state index contributed by atoms with van der Waals surface area (Å²) in [6.07, 6.45) is -5.08. The summed E-state index contributed by atoms with van der Waals surface area (Å²) in [6, 6.07) is 8.51. The Kier molecular flexibility index (Phi) is 7.70. The lowest BCUT2D eigenvalue weighted by Crippen LogP contribution is -2.21. The lowest BCUT2D eigenvalue weighted by Gasteiger charge is -2.11. The van der Waals surface area contributed by atoms with Gasteiger partial charge in [0.2, 0.25) is 0 Å². The van der Waals surface area contributed by atoms with Crippen molar-refractivity contribution in [2.24, 2.45) is 5.73 Å². The maximum absolute atomic E-state index is 11.6. The molecule has 0 fully saturated rings. The number of aliphatic carboxylic acids is 1. The molecule has 0 bridgehead atoms. The summed E-state index contributed by atoms with van der Waals surface area (Å²) in [7, 11) is 0. The summed E-state index contributed by atoms with van der Waals surface area (Å²) in [6.45, 7) is -2.92. The van der Waals surface area contributed by atoms with Crippen LogP contribution in [-0.2, 0) is 9.53 Å². The van der Waals surface area contributed by atoms with Gasteiger partial charge in [0, 0.05) is 0 Å². The van der Waals surface area contributed by atoms with Gasteiger partial charge in [0.1, 0.15) is 0 Å². The monoisotopic (exact) mass is 301 g/mol. The van der Waals surface area contributed by atoms with Crippen LogP contribution in [-0.4, -0.2) is 30.5 Å². The number of ether oxygens (including phenoxy) is 1. The van der Waals surface area contributed by atoms with E-state index >= 15 is 0 Å². The molecule has 1 aromatic carbocycles. The minimum atomic E-state index is -5.08. The number of nitrogens with two attached hydrogens (primary N) is 1. The molecule has 0 spiro atoms. The van der Waals surface area contributed by atoms with Gasteiger partial charge in [-0.05, 0) is 5.56 Å². The van der Waals surface area contributed by atoms with E-state index in [1.165, 1.54) is 0 Å². The predicted molar refractivity (Wildman–Crippen MR) is 59.0 cm³/mol. The van der Waals surface area contributed by atoms with Crippen LogP contribution in [0, 0.1) is 0 Å². The molecule has 20 heavy (non-hydrogen) atoms. The van der Waals surface area contributed by atoms with Crippen LogP contribution in [0.3, 0.4) is 0 Å². The Morgan fingerprint density at radius 3 is 2.05 bits per heavy atom. The smallest absolute Gasteiger partial charge is 0.475 e. The summed E-state index contributed by atoms with van der Waals surface area (Å²) in [5.74, 6) is -2.76.